The fraction of sp³-hybridized carbons (Fsp3) is 1.00. The van der Waals surface area contributed by atoms with Gasteiger partial charge in [-0.05, 0) is 38.4 Å². The zero-order chi connectivity index (χ0) is 10.7. The number of aliphatic hydroxyl groups excluding tert-OH is 1. The minimum Gasteiger partial charge on any atom is -0.392 e. The first kappa shape index (κ1) is 11.7. The van der Waals surface area contributed by atoms with Gasteiger partial charge in [0.2, 0.25) is 0 Å². The van der Waals surface area contributed by atoms with Gasteiger partial charge in [-0.25, -0.2) is 0 Å². The summed E-state index contributed by atoms with van der Waals surface area (Å²) in [4.78, 5) is 0. The van der Waals surface area contributed by atoms with Gasteiger partial charge in [-0.2, -0.15) is 11.8 Å². The molecule has 2 nitrogen and oxygen atoms in total. The Kier molecular flexibility index (Phi) is 4.35. The second kappa shape index (κ2) is 5.55. The standard InChI is InChI=1S/C12H23NOS/c1-15-10-7-6-9(8-10)13-11-4-2-3-5-12(11)14/h9-14H,2-8H2,1H3/t9?,10?,11-,12-/m0/s1. The summed E-state index contributed by atoms with van der Waals surface area (Å²) in [6, 6.07) is 1.05. The van der Waals surface area contributed by atoms with Crippen molar-refractivity contribution in [2.24, 2.45) is 0 Å². The lowest BCUT2D eigenvalue weighted by Gasteiger charge is -2.31. The topological polar surface area (TPSA) is 32.3 Å². The zero-order valence-electron chi connectivity index (χ0n) is 9.61. The first-order valence-electron chi connectivity index (χ1n) is 6.26. The van der Waals surface area contributed by atoms with Crippen LogP contribution in [0.15, 0.2) is 0 Å². The molecule has 15 heavy (non-hydrogen) atoms. The molecule has 0 bridgehead atoms. The summed E-state index contributed by atoms with van der Waals surface area (Å²) >= 11 is 2.00. The Morgan fingerprint density at radius 1 is 1.13 bits per heavy atom. The van der Waals surface area contributed by atoms with Crippen molar-refractivity contribution in [3.63, 3.8) is 0 Å². The van der Waals surface area contributed by atoms with Crippen molar-refractivity contribution < 1.29 is 5.11 Å². The molecule has 0 heterocycles. The molecule has 0 aromatic rings. The van der Waals surface area contributed by atoms with Gasteiger partial charge in [-0.1, -0.05) is 12.8 Å². The molecule has 88 valence electrons. The molecule has 0 aromatic carbocycles. The number of hydrogen-bond donors (Lipinski definition) is 2. The Morgan fingerprint density at radius 3 is 2.60 bits per heavy atom. The maximum absolute atomic E-state index is 9.88. The van der Waals surface area contributed by atoms with Crippen molar-refractivity contribution in [1.82, 2.24) is 5.32 Å². The van der Waals surface area contributed by atoms with Gasteiger partial charge in [0.15, 0.2) is 0 Å². The smallest absolute Gasteiger partial charge is 0.0693 e. The third-order valence-corrected chi connectivity index (χ3v) is 4.99. The van der Waals surface area contributed by atoms with Crippen LogP contribution in [0.2, 0.25) is 0 Å². The summed E-state index contributed by atoms with van der Waals surface area (Å²) < 4.78 is 0. The molecule has 2 fully saturated rings. The average Bonchev–Trinajstić information content (AvgIpc) is 2.69. The van der Waals surface area contributed by atoms with E-state index in [4.69, 9.17) is 0 Å². The van der Waals surface area contributed by atoms with Crippen molar-refractivity contribution in [3.8, 4) is 0 Å². The van der Waals surface area contributed by atoms with Crippen molar-refractivity contribution in [3.05, 3.63) is 0 Å². The van der Waals surface area contributed by atoms with E-state index in [0.717, 1.165) is 11.7 Å². The zero-order valence-corrected chi connectivity index (χ0v) is 10.4. The van der Waals surface area contributed by atoms with Crippen molar-refractivity contribution in [2.75, 3.05) is 6.26 Å². The second-order valence-corrected chi connectivity index (χ2v) is 6.13. The molecular weight excluding hydrogens is 206 g/mol. The second-order valence-electron chi connectivity index (χ2n) is 4.99. The molecule has 2 N–H and O–H groups in total. The predicted molar refractivity (Wildman–Crippen MR) is 66.3 cm³/mol. The van der Waals surface area contributed by atoms with Crippen LogP contribution in [0.1, 0.15) is 44.9 Å². The van der Waals surface area contributed by atoms with Crippen LogP contribution in [0.5, 0.6) is 0 Å². The molecule has 0 aliphatic heterocycles. The fourth-order valence-electron chi connectivity index (χ4n) is 2.91. The first-order valence-corrected chi connectivity index (χ1v) is 7.55. The maximum atomic E-state index is 9.88. The summed E-state index contributed by atoms with van der Waals surface area (Å²) in [7, 11) is 0. The van der Waals surface area contributed by atoms with Gasteiger partial charge in [0.1, 0.15) is 0 Å². The Morgan fingerprint density at radius 2 is 1.93 bits per heavy atom. The summed E-state index contributed by atoms with van der Waals surface area (Å²) in [6.07, 6.45) is 10.7. The van der Waals surface area contributed by atoms with Crippen molar-refractivity contribution >= 4 is 11.8 Å². The van der Waals surface area contributed by atoms with Crippen molar-refractivity contribution in [1.29, 1.82) is 0 Å². The van der Waals surface area contributed by atoms with E-state index in [1.165, 1.54) is 38.5 Å². The van der Waals surface area contributed by atoms with E-state index in [2.05, 4.69) is 11.6 Å². The highest BCUT2D eigenvalue weighted by Gasteiger charge is 2.29. The van der Waals surface area contributed by atoms with E-state index in [1.807, 2.05) is 11.8 Å². The molecule has 4 atom stereocenters. The van der Waals surface area contributed by atoms with E-state index >= 15 is 0 Å². The highest BCUT2D eigenvalue weighted by Crippen LogP contribution is 2.29. The van der Waals surface area contributed by atoms with Crippen LogP contribution in [-0.4, -0.2) is 34.8 Å². The highest BCUT2D eigenvalue weighted by molar-refractivity contribution is 7.99. The first-order chi connectivity index (χ1) is 7.29. The molecule has 2 rings (SSSR count). The van der Waals surface area contributed by atoms with E-state index < -0.39 is 0 Å². The molecule has 2 unspecified atom stereocenters. The number of aliphatic hydroxyl groups is 1. The SMILES string of the molecule is CSC1CCC(N[C@H]2CCCC[C@@H]2O)C1. The molecule has 0 spiro atoms. The lowest BCUT2D eigenvalue weighted by Crippen LogP contribution is -2.46. The third-order valence-electron chi connectivity index (χ3n) is 3.90. The Labute approximate surface area is 97.2 Å². The van der Waals surface area contributed by atoms with Crippen LogP contribution in [0.3, 0.4) is 0 Å². The average molecular weight is 229 g/mol. The summed E-state index contributed by atoms with van der Waals surface area (Å²) in [5, 5.41) is 14.4. The van der Waals surface area contributed by atoms with Crippen molar-refractivity contribution in [2.45, 2.75) is 68.4 Å². The molecule has 0 radical (unpaired) electrons. The van der Waals surface area contributed by atoms with Crippen LogP contribution in [0.4, 0.5) is 0 Å². The van der Waals surface area contributed by atoms with E-state index in [9.17, 15) is 5.11 Å². The van der Waals surface area contributed by atoms with Crippen LogP contribution < -0.4 is 5.32 Å². The van der Waals surface area contributed by atoms with Crippen LogP contribution in [0, 0.1) is 0 Å². The lowest BCUT2D eigenvalue weighted by molar-refractivity contribution is 0.0852. The Balaban J connectivity index is 1.76. The highest BCUT2D eigenvalue weighted by atomic mass is 32.2. The van der Waals surface area contributed by atoms with Gasteiger partial charge >= 0.3 is 0 Å². The monoisotopic (exact) mass is 229 g/mol. The predicted octanol–water partition coefficient (Wildman–Crippen LogP) is 2.16. The Hall–Kier alpha value is 0.270. The number of nitrogens with one attached hydrogen (secondary N) is 1. The largest absolute Gasteiger partial charge is 0.392 e. The minimum absolute atomic E-state index is 0.0907. The molecule has 2 saturated carbocycles. The summed E-state index contributed by atoms with van der Waals surface area (Å²) in [6.45, 7) is 0. The number of hydrogen-bond acceptors (Lipinski definition) is 3. The molecule has 3 heteroatoms. The maximum Gasteiger partial charge on any atom is 0.0693 e. The normalized spacial score (nSPS) is 42.0. The van der Waals surface area contributed by atoms with Crippen LogP contribution in [-0.2, 0) is 0 Å². The van der Waals surface area contributed by atoms with E-state index in [0.29, 0.717) is 12.1 Å². The lowest BCUT2D eigenvalue weighted by atomic mass is 9.92. The molecule has 0 saturated heterocycles. The van der Waals surface area contributed by atoms with Gasteiger partial charge in [0.25, 0.3) is 0 Å². The molecule has 2 aliphatic rings. The molecular formula is C12H23NOS. The summed E-state index contributed by atoms with van der Waals surface area (Å²) in [5.74, 6) is 0. The van der Waals surface area contributed by atoms with E-state index in [1.54, 1.807) is 0 Å². The van der Waals surface area contributed by atoms with Gasteiger partial charge in [0, 0.05) is 17.3 Å². The number of thioether (sulfide) groups is 1. The van der Waals surface area contributed by atoms with Gasteiger partial charge in [-0.15, -0.1) is 0 Å². The molecule has 0 amide bonds. The Bertz CT molecular complexity index is 200. The molecule has 2 aliphatic carbocycles. The van der Waals surface area contributed by atoms with Gasteiger partial charge < -0.3 is 10.4 Å². The molecule has 0 aromatic heterocycles. The van der Waals surface area contributed by atoms with Gasteiger partial charge in [0.05, 0.1) is 6.10 Å². The minimum atomic E-state index is -0.0907. The van der Waals surface area contributed by atoms with E-state index in [-0.39, 0.29) is 6.10 Å². The third kappa shape index (κ3) is 3.11. The summed E-state index contributed by atoms with van der Waals surface area (Å²) in [5.41, 5.74) is 0. The quantitative estimate of drug-likeness (QED) is 0.778. The number of rotatable bonds is 3. The fourth-order valence-corrected chi connectivity index (χ4v) is 3.71. The van der Waals surface area contributed by atoms with Gasteiger partial charge in [-0.3, -0.25) is 0 Å². The van der Waals surface area contributed by atoms with Crippen LogP contribution in [0.25, 0.3) is 0 Å². The van der Waals surface area contributed by atoms with Crippen LogP contribution >= 0.6 is 11.8 Å².